The molecule has 1 heterocycles. The quantitative estimate of drug-likeness (QED) is 0.379. The fraction of sp³-hybridized carbons (Fsp3) is 0.333. The highest BCUT2D eigenvalue weighted by Crippen LogP contribution is 2.52. The minimum Gasteiger partial charge on any atom is -0.282 e. The molecule has 1 saturated carbocycles. The maximum atomic E-state index is 12.6. The number of hydrogen-bond donors (Lipinski definition) is 1. The Hall–Kier alpha value is -3.30. The van der Waals surface area contributed by atoms with E-state index in [0.29, 0.717) is 0 Å². The molecule has 2 amide bonds. The Morgan fingerprint density at radius 1 is 1.00 bits per heavy atom. The lowest BCUT2D eigenvalue weighted by Gasteiger charge is -2.19. The van der Waals surface area contributed by atoms with Crippen LogP contribution in [0.4, 0.5) is 17.1 Å². The van der Waals surface area contributed by atoms with Crippen LogP contribution in [0.25, 0.3) is 0 Å². The average molecular weight is 344 g/mol. The van der Waals surface area contributed by atoms with Gasteiger partial charge < -0.3 is 0 Å². The molecule has 1 aromatic rings. The predicted molar refractivity (Wildman–Crippen MR) is 82.9 cm³/mol. The lowest BCUT2D eigenvalue weighted by atomic mass is 9.85. The maximum absolute atomic E-state index is 12.6. The average Bonchev–Trinajstić information content (AvgIpc) is 3.24. The highest BCUT2D eigenvalue weighted by atomic mass is 16.6. The first kappa shape index (κ1) is 15.2. The summed E-state index contributed by atoms with van der Waals surface area (Å²) in [5, 5.41) is 22.8. The number of nitro benzene ring substituents is 2. The van der Waals surface area contributed by atoms with Gasteiger partial charge in [-0.2, -0.15) is 5.01 Å². The molecule has 0 aromatic heterocycles. The van der Waals surface area contributed by atoms with Crippen LogP contribution in [-0.4, -0.2) is 26.7 Å². The van der Waals surface area contributed by atoms with Crippen LogP contribution in [0.2, 0.25) is 0 Å². The molecule has 0 radical (unpaired) electrons. The van der Waals surface area contributed by atoms with Crippen LogP contribution in [0.5, 0.6) is 0 Å². The monoisotopic (exact) mass is 344 g/mol. The van der Waals surface area contributed by atoms with Gasteiger partial charge in [-0.25, -0.2) is 0 Å². The zero-order chi connectivity index (χ0) is 17.9. The van der Waals surface area contributed by atoms with Crippen molar-refractivity contribution in [2.24, 2.45) is 23.7 Å². The number of fused-ring (bicyclic) bond motifs is 5. The SMILES string of the molecule is O=C1[C@@H]2[C@H](C(=O)N1Nc1ccc([N+](=O)[O-])cc1[N+](=O)[O-])[C@@H]1C=C[C@H]2C1. The number of nitrogens with one attached hydrogen (secondary N) is 1. The molecular formula is C15H12N4O6. The number of nitro groups is 2. The second kappa shape index (κ2) is 5.10. The van der Waals surface area contributed by atoms with Gasteiger partial charge in [0.2, 0.25) is 0 Å². The van der Waals surface area contributed by atoms with Crippen molar-refractivity contribution in [1.82, 2.24) is 5.01 Å². The fourth-order valence-electron chi connectivity index (χ4n) is 4.01. The largest absolute Gasteiger partial charge is 0.300 e. The van der Waals surface area contributed by atoms with E-state index in [4.69, 9.17) is 0 Å². The van der Waals surface area contributed by atoms with Crippen molar-refractivity contribution in [3.05, 3.63) is 50.6 Å². The standard InChI is InChI=1S/C15H12N4O6/c20-14-12-7-1-2-8(5-7)13(12)15(21)17(14)16-10-4-3-9(18(22)23)6-11(10)19(24)25/h1-4,6-8,12-13,16H,5H2/t7-,8+,12-,13+. The van der Waals surface area contributed by atoms with Gasteiger partial charge in [-0.05, 0) is 24.3 Å². The molecule has 128 valence electrons. The lowest BCUT2D eigenvalue weighted by molar-refractivity contribution is -0.393. The van der Waals surface area contributed by atoms with Crippen LogP contribution in [0.3, 0.4) is 0 Å². The van der Waals surface area contributed by atoms with Gasteiger partial charge in [0, 0.05) is 6.07 Å². The van der Waals surface area contributed by atoms with Gasteiger partial charge in [0.25, 0.3) is 17.5 Å². The van der Waals surface area contributed by atoms with E-state index in [-0.39, 0.29) is 17.5 Å². The van der Waals surface area contributed by atoms with Crippen molar-refractivity contribution >= 4 is 28.9 Å². The van der Waals surface area contributed by atoms with Crippen molar-refractivity contribution < 1.29 is 19.4 Å². The van der Waals surface area contributed by atoms with Crippen molar-refractivity contribution in [2.75, 3.05) is 5.43 Å². The first-order chi connectivity index (χ1) is 11.9. The Kier molecular flexibility index (Phi) is 3.11. The third-order valence-electron chi connectivity index (χ3n) is 5.09. The normalized spacial score (nSPS) is 29.2. The summed E-state index contributed by atoms with van der Waals surface area (Å²) >= 11 is 0. The van der Waals surface area contributed by atoms with Crippen LogP contribution in [-0.2, 0) is 9.59 Å². The first-order valence-electron chi connectivity index (χ1n) is 7.64. The Bertz CT molecular complexity index is 836. The number of imide groups is 1. The zero-order valence-electron chi connectivity index (χ0n) is 12.7. The summed E-state index contributed by atoms with van der Waals surface area (Å²) in [4.78, 5) is 45.6. The second-order valence-electron chi connectivity index (χ2n) is 6.34. The molecule has 25 heavy (non-hydrogen) atoms. The lowest BCUT2D eigenvalue weighted by Crippen LogP contribution is -2.38. The molecule has 0 unspecified atom stereocenters. The van der Waals surface area contributed by atoms with Gasteiger partial charge in [0.05, 0.1) is 27.7 Å². The summed E-state index contributed by atoms with van der Waals surface area (Å²) in [7, 11) is 0. The minimum absolute atomic E-state index is 0.0186. The molecule has 1 saturated heterocycles. The number of amides is 2. The van der Waals surface area contributed by atoms with Crippen LogP contribution < -0.4 is 5.43 Å². The molecule has 1 N–H and O–H groups in total. The van der Waals surface area contributed by atoms with Gasteiger partial charge in [0.15, 0.2) is 0 Å². The van der Waals surface area contributed by atoms with Gasteiger partial charge in [-0.15, -0.1) is 0 Å². The Morgan fingerprint density at radius 2 is 1.60 bits per heavy atom. The first-order valence-corrected chi connectivity index (χ1v) is 7.64. The number of carbonyl (C=O) groups is 2. The third kappa shape index (κ3) is 2.10. The maximum Gasteiger partial charge on any atom is 0.300 e. The number of carbonyl (C=O) groups excluding carboxylic acids is 2. The minimum atomic E-state index is -0.799. The summed E-state index contributed by atoms with van der Waals surface area (Å²) in [6.45, 7) is 0. The molecule has 2 aliphatic carbocycles. The molecule has 3 aliphatic rings. The second-order valence-corrected chi connectivity index (χ2v) is 6.34. The third-order valence-corrected chi connectivity index (χ3v) is 5.09. The molecule has 1 aromatic carbocycles. The summed E-state index contributed by atoms with van der Waals surface area (Å²) in [5.41, 5.74) is 1.33. The molecule has 10 nitrogen and oxygen atoms in total. The van der Waals surface area contributed by atoms with E-state index >= 15 is 0 Å². The number of non-ortho nitro benzene ring substituents is 1. The number of nitrogens with zero attached hydrogens (tertiary/aromatic N) is 3. The van der Waals surface area contributed by atoms with Crippen LogP contribution >= 0.6 is 0 Å². The van der Waals surface area contributed by atoms with E-state index in [0.717, 1.165) is 29.6 Å². The van der Waals surface area contributed by atoms with Crippen molar-refractivity contribution in [3.63, 3.8) is 0 Å². The van der Waals surface area contributed by atoms with E-state index in [2.05, 4.69) is 5.43 Å². The summed E-state index contributed by atoms with van der Waals surface area (Å²) in [6.07, 6.45) is 4.65. The molecule has 1 aliphatic heterocycles. The fourth-order valence-corrected chi connectivity index (χ4v) is 4.01. The zero-order valence-corrected chi connectivity index (χ0v) is 12.7. The molecule has 4 atom stereocenters. The summed E-state index contributed by atoms with van der Waals surface area (Å²) < 4.78 is 0. The molecular weight excluding hydrogens is 332 g/mol. The summed E-state index contributed by atoms with van der Waals surface area (Å²) in [5.74, 6) is -1.67. The summed E-state index contributed by atoms with van der Waals surface area (Å²) in [6, 6.07) is 2.99. The van der Waals surface area contributed by atoms with E-state index in [1.807, 2.05) is 12.2 Å². The topological polar surface area (TPSA) is 136 Å². The van der Waals surface area contributed by atoms with Gasteiger partial charge >= 0.3 is 5.69 Å². The van der Waals surface area contributed by atoms with Gasteiger partial charge in [0.1, 0.15) is 5.69 Å². The van der Waals surface area contributed by atoms with E-state index in [9.17, 15) is 29.8 Å². The molecule has 4 rings (SSSR count). The van der Waals surface area contributed by atoms with Crippen molar-refractivity contribution in [1.29, 1.82) is 0 Å². The Balaban J connectivity index is 1.65. The smallest absolute Gasteiger partial charge is 0.282 e. The van der Waals surface area contributed by atoms with E-state index in [1.54, 1.807) is 0 Å². The predicted octanol–water partition coefficient (Wildman–Crippen LogP) is 1.64. The highest BCUT2D eigenvalue weighted by molar-refractivity contribution is 6.07. The van der Waals surface area contributed by atoms with E-state index in [1.165, 1.54) is 0 Å². The van der Waals surface area contributed by atoms with Crippen molar-refractivity contribution in [3.8, 4) is 0 Å². The molecule has 10 heteroatoms. The molecule has 0 spiro atoms. The molecule has 2 bridgehead atoms. The van der Waals surface area contributed by atoms with E-state index < -0.39 is 44.9 Å². The van der Waals surface area contributed by atoms with Crippen LogP contribution in [0, 0.1) is 43.9 Å². The number of anilines is 1. The number of hydrazine groups is 1. The number of hydrogen-bond acceptors (Lipinski definition) is 7. The Labute approximate surface area is 140 Å². The van der Waals surface area contributed by atoms with Crippen LogP contribution in [0.15, 0.2) is 30.4 Å². The number of rotatable bonds is 4. The molecule has 2 fully saturated rings. The van der Waals surface area contributed by atoms with Gasteiger partial charge in [-0.3, -0.25) is 35.2 Å². The highest BCUT2D eigenvalue weighted by Gasteiger charge is 2.59. The number of allylic oxidation sites excluding steroid dienone is 2. The van der Waals surface area contributed by atoms with Crippen LogP contribution in [0.1, 0.15) is 6.42 Å². The van der Waals surface area contributed by atoms with Crippen molar-refractivity contribution in [2.45, 2.75) is 6.42 Å². The number of benzene rings is 1. The Morgan fingerprint density at radius 3 is 2.12 bits per heavy atom. The van der Waals surface area contributed by atoms with Gasteiger partial charge in [-0.1, -0.05) is 12.2 Å².